The molecular weight excluding hydrogens is 452 g/mol. The third-order valence-corrected chi connectivity index (χ3v) is 7.76. The minimum atomic E-state index is 0.314. The Balaban J connectivity index is 1.14. The number of H-pyrrole nitrogens is 2. The Morgan fingerprint density at radius 1 is 0.595 bits per heavy atom. The monoisotopic (exact) mass is 480 g/mol. The quantitative estimate of drug-likeness (QED) is 0.211. The number of fused-ring (bicyclic) bond motifs is 8. The molecule has 4 aromatic carbocycles. The van der Waals surface area contributed by atoms with Crippen molar-refractivity contribution in [1.29, 1.82) is 0 Å². The van der Waals surface area contributed by atoms with Gasteiger partial charge in [0.1, 0.15) is 5.75 Å². The number of aromatic amines is 2. The molecule has 0 fully saturated rings. The standard InChI is InChI=1S/C34H28N2O/c1-2-21-3-5-22(6-4-21)7-13-26-19-24-11-17-29-31(33(24)35-26)30-18-12-25-20-27(36-34(25)32(29)30)14-8-23-9-15-28(37)16-10-23/h2-6,9-12,15-20,35-37H,1,7-8,13-14H2. The Bertz CT molecular complexity index is 1780. The predicted molar refractivity (Wildman–Crippen MR) is 154 cm³/mol. The van der Waals surface area contributed by atoms with Crippen LogP contribution in [0.4, 0.5) is 0 Å². The molecule has 0 aliphatic heterocycles. The van der Waals surface area contributed by atoms with Gasteiger partial charge in [-0.25, -0.2) is 0 Å². The molecular formula is C34H28N2O. The van der Waals surface area contributed by atoms with E-state index < -0.39 is 0 Å². The van der Waals surface area contributed by atoms with E-state index in [1.54, 1.807) is 12.1 Å². The van der Waals surface area contributed by atoms with Crippen LogP contribution < -0.4 is 0 Å². The van der Waals surface area contributed by atoms with Crippen LogP contribution in [0.1, 0.15) is 28.1 Å². The van der Waals surface area contributed by atoms with Crippen molar-refractivity contribution in [3.05, 3.63) is 120 Å². The van der Waals surface area contributed by atoms with Gasteiger partial charge in [-0.15, -0.1) is 0 Å². The molecule has 0 saturated heterocycles. The number of hydrogen-bond acceptors (Lipinski definition) is 1. The second kappa shape index (κ2) is 8.56. The van der Waals surface area contributed by atoms with E-state index in [1.807, 2.05) is 18.2 Å². The van der Waals surface area contributed by atoms with Gasteiger partial charge in [0.2, 0.25) is 0 Å². The largest absolute Gasteiger partial charge is 0.508 e. The van der Waals surface area contributed by atoms with Gasteiger partial charge in [-0.1, -0.05) is 73.3 Å². The zero-order valence-electron chi connectivity index (χ0n) is 20.6. The highest BCUT2D eigenvalue weighted by Crippen LogP contribution is 2.53. The third-order valence-electron chi connectivity index (χ3n) is 7.76. The fourth-order valence-electron chi connectivity index (χ4n) is 5.74. The van der Waals surface area contributed by atoms with Gasteiger partial charge in [0.25, 0.3) is 0 Å². The summed E-state index contributed by atoms with van der Waals surface area (Å²) < 4.78 is 0. The average molecular weight is 481 g/mol. The van der Waals surface area contributed by atoms with Gasteiger partial charge < -0.3 is 15.1 Å². The Labute approximate surface area is 216 Å². The van der Waals surface area contributed by atoms with Crippen molar-refractivity contribution in [1.82, 2.24) is 9.97 Å². The maximum Gasteiger partial charge on any atom is 0.115 e. The maximum absolute atomic E-state index is 9.53. The first-order valence-electron chi connectivity index (χ1n) is 13.0. The van der Waals surface area contributed by atoms with Gasteiger partial charge in [0, 0.05) is 33.3 Å². The van der Waals surface area contributed by atoms with Gasteiger partial charge in [-0.2, -0.15) is 0 Å². The summed E-state index contributed by atoms with van der Waals surface area (Å²) in [6, 6.07) is 29.8. The zero-order chi connectivity index (χ0) is 24.9. The van der Waals surface area contributed by atoms with Gasteiger partial charge >= 0.3 is 0 Å². The molecule has 0 saturated carbocycles. The molecule has 6 aromatic rings. The first kappa shape index (κ1) is 21.8. The Morgan fingerprint density at radius 2 is 1.08 bits per heavy atom. The normalized spacial score (nSPS) is 11.9. The van der Waals surface area contributed by atoms with E-state index >= 15 is 0 Å². The molecule has 3 nitrogen and oxygen atoms in total. The summed E-state index contributed by atoms with van der Waals surface area (Å²) in [5, 5.41) is 12.1. The number of aromatic nitrogens is 2. The van der Waals surface area contributed by atoms with Crippen LogP contribution >= 0.6 is 0 Å². The maximum atomic E-state index is 9.53. The summed E-state index contributed by atoms with van der Waals surface area (Å²) >= 11 is 0. The molecule has 37 heavy (non-hydrogen) atoms. The Hall–Kier alpha value is -4.50. The van der Waals surface area contributed by atoms with Crippen LogP contribution in [0.3, 0.4) is 0 Å². The van der Waals surface area contributed by atoms with Crippen LogP contribution in [0.15, 0.2) is 91.5 Å². The van der Waals surface area contributed by atoms with Gasteiger partial charge in [-0.05, 0) is 77.8 Å². The van der Waals surface area contributed by atoms with Crippen LogP contribution in [-0.2, 0) is 25.7 Å². The summed E-state index contributed by atoms with van der Waals surface area (Å²) in [4.78, 5) is 7.45. The zero-order valence-corrected chi connectivity index (χ0v) is 20.6. The van der Waals surface area contributed by atoms with Crippen molar-refractivity contribution in [2.45, 2.75) is 25.7 Å². The van der Waals surface area contributed by atoms with Crippen LogP contribution in [0.2, 0.25) is 0 Å². The predicted octanol–water partition coefficient (Wildman–Crippen LogP) is 8.22. The molecule has 0 amide bonds. The van der Waals surface area contributed by atoms with E-state index in [0.717, 1.165) is 31.2 Å². The van der Waals surface area contributed by atoms with Crippen LogP contribution in [0.25, 0.3) is 50.1 Å². The van der Waals surface area contributed by atoms with Crippen LogP contribution in [-0.4, -0.2) is 15.1 Å². The smallest absolute Gasteiger partial charge is 0.115 e. The molecule has 3 N–H and O–H groups in total. The average Bonchev–Trinajstić information content (AvgIpc) is 3.51. The van der Waals surface area contributed by atoms with E-state index in [2.05, 4.69) is 77.2 Å². The lowest BCUT2D eigenvalue weighted by Crippen LogP contribution is -2.01. The minimum Gasteiger partial charge on any atom is -0.508 e. The molecule has 2 aromatic heterocycles. The van der Waals surface area contributed by atoms with Crippen molar-refractivity contribution < 1.29 is 5.11 Å². The van der Waals surface area contributed by atoms with E-state index in [0.29, 0.717) is 5.75 Å². The highest BCUT2D eigenvalue weighted by atomic mass is 16.3. The first-order valence-corrected chi connectivity index (χ1v) is 13.0. The second-order valence-corrected chi connectivity index (χ2v) is 10.1. The topological polar surface area (TPSA) is 51.8 Å². The molecule has 0 unspecified atom stereocenters. The molecule has 1 aliphatic rings. The van der Waals surface area contributed by atoms with E-state index in [-0.39, 0.29) is 0 Å². The number of benzene rings is 4. The molecule has 0 radical (unpaired) electrons. The molecule has 0 bridgehead atoms. The molecule has 1 aliphatic carbocycles. The number of nitrogens with one attached hydrogen (secondary N) is 2. The molecule has 180 valence electrons. The summed E-state index contributed by atoms with van der Waals surface area (Å²) in [5.41, 5.74) is 14.1. The highest BCUT2D eigenvalue weighted by molar-refractivity contribution is 6.20. The lowest BCUT2D eigenvalue weighted by molar-refractivity contribution is 0.475. The van der Waals surface area contributed by atoms with Crippen molar-refractivity contribution in [2.24, 2.45) is 0 Å². The fraction of sp³-hybridized carbons (Fsp3) is 0.118. The number of hydrogen-bond donors (Lipinski definition) is 3. The van der Waals surface area contributed by atoms with E-state index in [9.17, 15) is 5.11 Å². The van der Waals surface area contributed by atoms with Crippen LogP contribution in [0, 0.1) is 0 Å². The number of aryl methyl sites for hydroxylation is 4. The van der Waals surface area contributed by atoms with E-state index in [1.165, 1.54) is 66.6 Å². The number of phenols is 1. The summed E-state index contributed by atoms with van der Waals surface area (Å²) in [7, 11) is 0. The number of aromatic hydroxyl groups is 1. The molecule has 3 heteroatoms. The highest BCUT2D eigenvalue weighted by Gasteiger charge is 2.28. The molecule has 7 rings (SSSR count). The molecule has 0 spiro atoms. The van der Waals surface area contributed by atoms with Gasteiger partial charge in [0.15, 0.2) is 0 Å². The summed E-state index contributed by atoms with van der Waals surface area (Å²) in [5.74, 6) is 0.314. The van der Waals surface area contributed by atoms with Gasteiger partial charge in [0.05, 0.1) is 11.0 Å². The summed E-state index contributed by atoms with van der Waals surface area (Å²) in [6.07, 6.45) is 5.77. The lowest BCUT2D eigenvalue weighted by atomic mass is 9.78. The first-order chi connectivity index (χ1) is 18.2. The molecule has 2 heterocycles. The van der Waals surface area contributed by atoms with Gasteiger partial charge in [-0.3, -0.25) is 0 Å². The Morgan fingerprint density at radius 3 is 1.57 bits per heavy atom. The SMILES string of the molecule is C=Cc1ccc(CCc2cc3ccc4c(c3[nH]2)-c2ccc3cc(CCc5ccc(O)cc5)[nH]c3c2-4)cc1. The number of phenolic OH excluding ortho intramolecular Hbond substituents is 1. The second-order valence-electron chi connectivity index (χ2n) is 10.1. The number of rotatable bonds is 7. The Kier molecular flexibility index (Phi) is 5.03. The van der Waals surface area contributed by atoms with Crippen molar-refractivity contribution in [2.75, 3.05) is 0 Å². The third kappa shape index (κ3) is 3.75. The van der Waals surface area contributed by atoms with Crippen molar-refractivity contribution in [3.63, 3.8) is 0 Å². The lowest BCUT2D eigenvalue weighted by Gasteiger charge is -2.25. The minimum absolute atomic E-state index is 0.314. The van der Waals surface area contributed by atoms with Crippen molar-refractivity contribution in [3.8, 4) is 28.0 Å². The summed E-state index contributed by atoms with van der Waals surface area (Å²) in [6.45, 7) is 3.84. The molecule has 0 atom stereocenters. The van der Waals surface area contributed by atoms with E-state index in [4.69, 9.17) is 0 Å². The fourth-order valence-corrected chi connectivity index (χ4v) is 5.74. The van der Waals surface area contributed by atoms with Crippen LogP contribution in [0.5, 0.6) is 5.75 Å². The van der Waals surface area contributed by atoms with Crippen molar-refractivity contribution >= 4 is 27.9 Å².